The van der Waals surface area contributed by atoms with E-state index in [2.05, 4.69) is 73.3 Å². The van der Waals surface area contributed by atoms with Crippen molar-refractivity contribution in [1.29, 1.82) is 0 Å². The van der Waals surface area contributed by atoms with Gasteiger partial charge in [0, 0.05) is 17.9 Å². The normalized spacial score (nSPS) is 10.8. The largest absolute Gasteiger partial charge is 0.341 e. The van der Waals surface area contributed by atoms with Crippen molar-refractivity contribution in [2.45, 2.75) is 71.6 Å². The number of aryl methyl sites for hydroxylation is 1. The molecule has 0 aliphatic heterocycles. The van der Waals surface area contributed by atoms with Crippen LogP contribution in [-0.2, 0) is 6.42 Å². The van der Waals surface area contributed by atoms with Crippen LogP contribution in [0.4, 0.5) is 11.4 Å². The van der Waals surface area contributed by atoms with E-state index in [9.17, 15) is 0 Å². The Labute approximate surface area is 155 Å². The van der Waals surface area contributed by atoms with Gasteiger partial charge in [-0.2, -0.15) is 0 Å². The Morgan fingerprint density at radius 3 is 1.88 bits per heavy atom. The van der Waals surface area contributed by atoms with Crippen LogP contribution in [0.5, 0.6) is 0 Å². The summed E-state index contributed by atoms with van der Waals surface area (Å²) in [4.78, 5) is 2.48. The zero-order valence-electron chi connectivity index (χ0n) is 16.2. The van der Waals surface area contributed by atoms with Crippen LogP contribution in [-0.4, -0.2) is 6.54 Å². The lowest BCUT2D eigenvalue weighted by atomic mass is 10.1. The molecule has 2 aromatic carbocycles. The molecule has 25 heavy (non-hydrogen) atoms. The number of unbranched alkanes of at least 4 members (excludes halogenated alkanes) is 6. The van der Waals surface area contributed by atoms with E-state index in [1.807, 2.05) is 0 Å². The SMILES string of the molecule is CCCCCCCCN(c1ccccc1)c1ccc(CCCC)cc1. The van der Waals surface area contributed by atoms with E-state index >= 15 is 0 Å². The number of benzene rings is 2. The third kappa shape index (κ3) is 6.94. The van der Waals surface area contributed by atoms with Gasteiger partial charge in [0.15, 0.2) is 0 Å². The molecule has 0 fully saturated rings. The third-order valence-electron chi connectivity index (χ3n) is 4.87. The molecule has 0 spiro atoms. The van der Waals surface area contributed by atoms with Gasteiger partial charge in [-0.1, -0.05) is 82.7 Å². The van der Waals surface area contributed by atoms with Crippen LogP contribution in [0.25, 0.3) is 0 Å². The fourth-order valence-corrected chi connectivity index (χ4v) is 3.29. The summed E-state index contributed by atoms with van der Waals surface area (Å²) in [5.74, 6) is 0. The van der Waals surface area contributed by atoms with Gasteiger partial charge < -0.3 is 4.90 Å². The highest BCUT2D eigenvalue weighted by molar-refractivity contribution is 5.63. The second-order valence-electron chi connectivity index (χ2n) is 7.02. The molecule has 0 aliphatic carbocycles. The Morgan fingerprint density at radius 2 is 1.20 bits per heavy atom. The van der Waals surface area contributed by atoms with Gasteiger partial charge in [0.2, 0.25) is 0 Å². The minimum atomic E-state index is 1.10. The first kappa shape index (κ1) is 19.6. The van der Waals surface area contributed by atoms with Crippen LogP contribution in [0.3, 0.4) is 0 Å². The Balaban J connectivity index is 1.99. The maximum atomic E-state index is 2.48. The van der Waals surface area contributed by atoms with E-state index in [0.29, 0.717) is 0 Å². The summed E-state index contributed by atoms with van der Waals surface area (Å²) < 4.78 is 0. The quantitative estimate of drug-likeness (QED) is 0.362. The van der Waals surface area contributed by atoms with Gasteiger partial charge in [-0.15, -0.1) is 0 Å². The highest BCUT2D eigenvalue weighted by Crippen LogP contribution is 2.26. The van der Waals surface area contributed by atoms with Crippen molar-refractivity contribution in [3.8, 4) is 0 Å². The first-order chi connectivity index (χ1) is 12.3. The Bertz CT molecular complexity index is 558. The molecule has 0 unspecified atom stereocenters. The predicted octanol–water partition coefficient (Wildman–Crippen LogP) is 7.53. The summed E-state index contributed by atoms with van der Waals surface area (Å²) >= 11 is 0. The Kier molecular flexibility index (Phi) is 9.18. The van der Waals surface area contributed by atoms with E-state index in [0.717, 1.165) is 6.54 Å². The summed E-state index contributed by atoms with van der Waals surface area (Å²) in [6, 6.07) is 20.0. The standard InChI is InChI=1S/C24H35N/c1-3-5-7-8-9-13-21-25(23-15-11-10-12-16-23)24-19-17-22(18-20-24)14-6-4-2/h10-12,15-20H,3-9,13-14,21H2,1-2H3. The van der Waals surface area contributed by atoms with Crippen LogP contribution in [0.15, 0.2) is 54.6 Å². The lowest BCUT2D eigenvalue weighted by Crippen LogP contribution is -2.18. The molecule has 0 heterocycles. The molecular weight excluding hydrogens is 302 g/mol. The van der Waals surface area contributed by atoms with Crippen molar-refractivity contribution in [2.75, 3.05) is 11.4 Å². The summed E-state index contributed by atoms with van der Waals surface area (Å²) in [7, 11) is 0. The van der Waals surface area contributed by atoms with Gasteiger partial charge in [0.25, 0.3) is 0 Å². The van der Waals surface area contributed by atoms with Gasteiger partial charge in [0.05, 0.1) is 0 Å². The maximum Gasteiger partial charge on any atom is 0.0410 e. The minimum absolute atomic E-state index is 1.10. The maximum absolute atomic E-state index is 2.48. The summed E-state index contributed by atoms with van der Waals surface area (Å²) in [5, 5.41) is 0. The molecule has 136 valence electrons. The predicted molar refractivity (Wildman–Crippen MR) is 112 cm³/mol. The monoisotopic (exact) mass is 337 g/mol. The lowest BCUT2D eigenvalue weighted by Gasteiger charge is -2.25. The van der Waals surface area contributed by atoms with Gasteiger partial charge in [0.1, 0.15) is 0 Å². The number of nitrogens with zero attached hydrogens (tertiary/aromatic N) is 1. The number of hydrogen-bond donors (Lipinski definition) is 0. The van der Waals surface area contributed by atoms with Crippen LogP contribution >= 0.6 is 0 Å². The Hall–Kier alpha value is -1.76. The first-order valence-corrected chi connectivity index (χ1v) is 10.3. The minimum Gasteiger partial charge on any atom is -0.341 e. The van der Waals surface area contributed by atoms with Crippen LogP contribution in [0.2, 0.25) is 0 Å². The smallest absolute Gasteiger partial charge is 0.0410 e. The van der Waals surface area contributed by atoms with E-state index in [1.165, 1.54) is 74.7 Å². The molecule has 2 aromatic rings. The van der Waals surface area contributed by atoms with Crippen molar-refractivity contribution < 1.29 is 0 Å². The molecule has 0 radical (unpaired) electrons. The summed E-state index contributed by atoms with van der Waals surface area (Å²) in [6.45, 7) is 5.64. The fraction of sp³-hybridized carbons (Fsp3) is 0.500. The zero-order chi connectivity index (χ0) is 17.7. The van der Waals surface area contributed by atoms with Crippen molar-refractivity contribution in [1.82, 2.24) is 0 Å². The van der Waals surface area contributed by atoms with Gasteiger partial charge >= 0.3 is 0 Å². The molecule has 0 bridgehead atoms. The van der Waals surface area contributed by atoms with Crippen molar-refractivity contribution in [2.24, 2.45) is 0 Å². The average Bonchev–Trinajstić information content (AvgIpc) is 2.67. The molecule has 1 heteroatoms. The topological polar surface area (TPSA) is 3.24 Å². The highest BCUT2D eigenvalue weighted by Gasteiger charge is 2.08. The van der Waals surface area contributed by atoms with Crippen LogP contribution in [0, 0.1) is 0 Å². The Morgan fingerprint density at radius 1 is 0.600 bits per heavy atom. The molecule has 0 aromatic heterocycles. The van der Waals surface area contributed by atoms with Gasteiger partial charge in [-0.25, -0.2) is 0 Å². The molecule has 0 amide bonds. The summed E-state index contributed by atoms with van der Waals surface area (Å²) in [6.07, 6.45) is 11.8. The lowest BCUT2D eigenvalue weighted by molar-refractivity contribution is 0.609. The van der Waals surface area contributed by atoms with Crippen molar-refractivity contribution in [3.63, 3.8) is 0 Å². The number of rotatable bonds is 12. The van der Waals surface area contributed by atoms with Crippen molar-refractivity contribution >= 4 is 11.4 Å². The van der Waals surface area contributed by atoms with Gasteiger partial charge in [-0.3, -0.25) is 0 Å². The van der Waals surface area contributed by atoms with Crippen molar-refractivity contribution in [3.05, 3.63) is 60.2 Å². The molecule has 1 nitrogen and oxygen atoms in total. The molecule has 0 atom stereocenters. The van der Waals surface area contributed by atoms with E-state index in [-0.39, 0.29) is 0 Å². The van der Waals surface area contributed by atoms with E-state index < -0.39 is 0 Å². The average molecular weight is 338 g/mol. The first-order valence-electron chi connectivity index (χ1n) is 10.3. The highest BCUT2D eigenvalue weighted by atomic mass is 15.1. The van der Waals surface area contributed by atoms with E-state index in [4.69, 9.17) is 0 Å². The van der Waals surface area contributed by atoms with Crippen LogP contribution < -0.4 is 4.90 Å². The fourth-order valence-electron chi connectivity index (χ4n) is 3.29. The molecule has 0 saturated heterocycles. The molecule has 0 saturated carbocycles. The number of anilines is 2. The molecule has 0 N–H and O–H groups in total. The summed E-state index contributed by atoms with van der Waals surface area (Å²) in [5.41, 5.74) is 4.08. The molecule has 0 aliphatic rings. The third-order valence-corrected chi connectivity index (χ3v) is 4.87. The number of para-hydroxylation sites is 1. The van der Waals surface area contributed by atoms with E-state index in [1.54, 1.807) is 0 Å². The van der Waals surface area contributed by atoms with Gasteiger partial charge in [-0.05, 0) is 49.1 Å². The number of hydrogen-bond acceptors (Lipinski definition) is 1. The second-order valence-corrected chi connectivity index (χ2v) is 7.02. The second kappa shape index (κ2) is 11.7. The molecule has 2 rings (SSSR count). The molecular formula is C24H35N. The van der Waals surface area contributed by atoms with Crippen LogP contribution in [0.1, 0.15) is 70.8 Å². The zero-order valence-corrected chi connectivity index (χ0v) is 16.2.